The van der Waals surface area contributed by atoms with Gasteiger partial charge in [-0.2, -0.15) is 0 Å². The summed E-state index contributed by atoms with van der Waals surface area (Å²) in [5.74, 6) is -1.23. The number of hydrogen-bond acceptors (Lipinski definition) is 6. The average Bonchev–Trinajstić information content (AvgIpc) is 2.99. The highest BCUT2D eigenvalue weighted by atomic mass is 32.1. The third-order valence-electron chi connectivity index (χ3n) is 3.98. The first-order chi connectivity index (χ1) is 11.6. The van der Waals surface area contributed by atoms with Crippen LogP contribution in [0.3, 0.4) is 0 Å². The first-order valence-corrected chi connectivity index (χ1v) is 8.60. The number of thiazole rings is 1. The van der Waals surface area contributed by atoms with Crippen molar-refractivity contribution in [2.24, 2.45) is 0 Å². The topological polar surface area (TPSA) is 98.2 Å². The largest absolute Gasteiger partial charge is 0.453 e. The molecule has 0 saturated heterocycles. The number of nitrogens with zero attached hydrogens (tertiary/aromatic N) is 1. The van der Waals surface area contributed by atoms with Crippen LogP contribution < -0.4 is 4.87 Å². The molecule has 0 amide bonds. The average molecular weight is 364 g/mol. The molecule has 134 valence electrons. The summed E-state index contributed by atoms with van der Waals surface area (Å²) in [4.78, 5) is 50.5. The number of aromatic amines is 1. The number of carbonyl (C=O) groups excluding carboxylic acids is 3. The quantitative estimate of drug-likeness (QED) is 0.626. The fourth-order valence-electron chi connectivity index (χ4n) is 2.74. The van der Waals surface area contributed by atoms with Gasteiger partial charge in [-0.05, 0) is 40.2 Å². The van der Waals surface area contributed by atoms with Gasteiger partial charge in [-0.25, -0.2) is 0 Å². The Bertz CT molecular complexity index is 903. The van der Waals surface area contributed by atoms with Crippen molar-refractivity contribution in [3.05, 3.63) is 43.3 Å². The smallest absolute Gasteiger partial charge is 0.326 e. The molecule has 0 aromatic carbocycles. The normalized spacial score (nSPS) is 12.0. The maximum Gasteiger partial charge on any atom is 0.326 e. The Balaban J connectivity index is 2.13. The minimum absolute atomic E-state index is 0.137. The lowest BCUT2D eigenvalue weighted by molar-refractivity contribution is -0.147. The first kappa shape index (κ1) is 18.9. The predicted octanol–water partition coefficient (Wildman–Crippen LogP) is 2.18. The number of aryl methyl sites for hydroxylation is 2. The third-order valence-corrected chi connectivity index (χ3v) is 4.86. The SMILES string of the molecule is CC(=O)c1c(C)[nH]c(C(=O)[C@H](C)OC(=O)Cn2c(C)csc2=O)c1C. The molecule has 25 heavy (non-hydrogen) atoms. The number of aromatic nitrogens is 2. The molecule has 7 nitrogen and oxygen atoms in total. The molecule has 2 aromatic rings. The number of nitrogens with one attached hydrogen (secondary N) is 1. The predicted molar refractivity (Wildman–Crippen MR) is 93.5 cm³/mol. The second kappa shape index (κ2) is 7.18. The van der Waals surface area contributed by atoms with E-state index in [4.69, 9.17) is 4.74 Å². The molecule has 0 unspecified atom stereocenters. The Morgan fingerprint density at radius 2 is 1.92 bits per heavy atom. The summed E-state index contributed by atoms with van der Waals surface area (Å²) in [6.07, 6.45) is -1.03. The number of Topliss-reactive ketones (excluding diaryl/α,β-unsaturated/α-hetero) is 2. The van der Waals surface area contributed by atoms with E-state index in [-0.39, 0.29) is 22.9 Å². The Morgan fingerprint density at radius 1 is 1.28 bits per heavy atom. The van der Waals surface area contributed by atoms with E-state index in [1.54, 1.807) is 26.2 Å². The van der Waals surface area contributed by atoms with E-state index >= 15 is 0 Å². The summed E-state index contributed by atoms with van der Waals surface area (Å²) in [5, 5.41) is 1.65. The summed E-state index contributed by atoms with van der Waals surface area (Å²) in [7, 11) is 0. The molecule has 2 rings (SSSR count). The minimum atomic E-state index is -1.03. The standard InChI is InChI=1S/C17H20N2O5S/c1-8-7-25-17(23)19(8)6-13(21)24-12(5)16(22)15-9(2)14(11(4)20)10(3)18-15/h7,12,18H,6H2,1-5H3/t12-/m0/s1. The Morgan fingerprint density at radius 3 is 2.40 bits per heavy atom. The number of hydrogen-bond donors (Lipinski definition) is 1. The molecule has 0 bridgehead atoms. The number of ketones is 2. The molecular formula is C17H20N2O5S. The van der Waals surface area contributed by atoms with Crippen LogP contribution in [0.25, 0.3) is 0 Å². The number of carbonyl (C=O) groups is 3. The van der Waals surface area contributed by atoms with Crippen molar-refractivity contribution in [3.63, 3.8) is 0 Å². The van der Waals surface area contributed by atoms with E-state index in [0.29, 0.717) is 22.5 Å². The highest BCUT2D eigenvalue weighted by molar-refractivity contribution is 7.07. The highest BCUT2D eigenvalue weighted by Crippen LogP contribution is 2.20. The molecule has 0 fully saturated rings. The molecule has 2 heterocycles. The summed E-state index contributed by atoms with van der Waals surface area (Å²) in [6, 6.07) is 0. The molecule has 2 aromatic heterocycles. The van der Waals surface area contributed by atoms with Crippen molar-refractivity contribution in [2.45, 2.75) is 47.3 Å². The van der Waals surface area contributed by atoms with Crippen molar-refractivity contribution in [1.29, 1.82) is 0 Å². The van der Waals surface area contributed by atoms with Gasteiger partial charge in [0.05, 0.1) is 5.69 Å². The van der Waals surface area contributed by atoms with E-state index in [9.17, 15) is 19.2 Å². The zero-order valence-electron chi connectivity index (χ0n) is 14.8. The van der Waals surface area contributed by atoms with E-state index in [2.05, 4.69) is 4.98 Å². The maximum atomic E-state index is 12.5. The van der Waals surface area contributed by atoms with Gasteiger partial charge in [0, 0.05) is 22.3 Å². The van der Waals surface area contributed by atoms with Crippen LogP contribution in [0.5, 0.6) is 0 Å². The van der Waals surface area contributed by atoms with E-state index in [1.807, 2.05) is 0 Å². The number of H-pyrrole nitrogens is 1. The maximum absolute atomic E-state index is 12.5. The summed E-state index contributed by atoms with van der Waals surface area (Å²) in [5.41, 5.74) is 2.54. The van der Waals surface area contributed by atoms with Crippen molar-refractivity contribution in [1.82, 2.24) is 9.55 Å². The molecule has 0 spiro atoms. The van der Waals surface area contributed by atoms with Crippen LogP contribution in [0.1, 0.15) is 51.6 Å². The van der Waals surface area contributed by atoms with Gasteiger partial charge in [0.1, 0.15) is 6.54 Å². The number of ether oxygens (including phenoxy) is 1. The van der Waals surface area contributed by atoms with Crippen molar-refractivity contribution in [2.75, 3.05) is 0 Å². The van der Waals surface area contributed by atoms with Crippen LogP contribution in [0.4, 0.5) is 0 Å². The highest BCUT2D eigenvalue weighted by Gasteiger charge is 2.26. The monoisotopic (exact) mass is 364 g/mol. The first-order valence-electron chi connectivity index (χ1n) is 7.72. The van der Waals surface area contributed by atoms with Crippen LogP contribution in [-0.4, -0.2) is 33.2 Å². The van der Waals surface area contributed by atoms with Gasteiger partial charge >= 0.3 is 10.8 Å². The summed E-state index contributed by atoms with van der Waals surface area (Å²) >= 11 is 1.000. The molecule has 0 radical (unpaired) electrons. The van der Waals surface area contributed by atoms with Crippen LogP contribution in [0.2, 0.25) is 0 Å². The molecule has 0 aliphatic carbocycles. The van der Waals surface area contributed by atoms with Crippen LogP contribution in [0.15, 0.2) is 10.2 Å². The molecule has 1 atom stereocenters. The van der Waals surface area contributed by atoms with Crippen LogP contribution in [-0.2, 0) is 16.1 Å². The molecule has 0 aliphatic rings. The van der Waals surface area contributed by atoms with E-state index < -0.39 is 17.9 Å². The second-order valence-electron chi connectivity index (χ2n) is 5.91. The number of rotatable bonds is 6. The van der Waals surface area contributed by atoms with Crippen molar-refractivity contribution in [3.8, 4) is 0 Å². The number of esters is 1. The van der Waals surface area contributed by atoms with Gasteiger partial charge in [-0.15, -0.1) is 0 Å². The minimum Gasteiger partial charge on any atom is -0.453 e. The fourth-order valence-corrected chi connectivity index (χ4v) is 3.48. The van der Waals surface area contributed by atoms with Crippen molar-refractivity contribution >= 4 is 28.9 Å². The molecule has 0 aliphatic heterocycles. The van der Waals surface area contributed by atoms with Gasteiger partial charge < -0.3 is 9.72 Å². The van der Waals surface area contributed by atoms with E-state index in [1.165, 1.54) is 18.4 Å². The lowest BCUT2D eigenvalue weighted by atomic mass is 10.0. The molecule has 1 N–H and O–H groups in total. The van der Waals surface area contributed by atoms with Crippen LogP contribution in [0, 0.1) is 20.8 Å². The lowest BCUT2D eigenvalue weighted by Crippen LogP contribution is -2.29. The third kappa shape index (κ3) is 3.79. The van der Waals surface area contributed by atoms with Gasteiger partial charge in [0.2, 0.25) is 5.78 Å². The van der Waals surface area contributed by atoms with Gasteiger partial charge in [-0.1, -0.05) is 11.3 Å². The van der Waals surface area contributed by atoms with Crippen LogP contribution >= 0.6 is 11.3 Å². The van der Waals surface area contributed by atoms with Gasteiger partial charge in [0.15, 0.2) is 11.9 Å². The zero-order chi connectivity index (χ0) is 18.9. The lowest BCUT2D eigenvalue weighted by Gasteiger charge is -2.13. The summed E-state index contributed by atoms with van der Waals surface area (Å²) in [6.45, 7) is 7.76. The molecule has 0 saturated carbocycles. The fraction of sp³-hybridized carbons (Fsp3) is 0.412. The van der Waals surface area contributed by atoms with Crippen molar-refractivity contribution < 1.29 is 19.1 Å². The van der Waals surface area contributed by atoms with Gasteiger partial charge in [0.25, 0.3) is 0 Å². The second-order valence-corrected chi connectivity index (χ2v) is 6.73. The molecular weight excluding hydrogens is 344 g/mol. The Labute approximate surface area is 148 Å². The van der Waals surface area contributed by atoms with E-state index in [0.717, 1.165) is 11.3 Å². The zero-order valence-corrected chi connectivity index (χ0v) is 15.6. The summed E-state index contributed by atoms with van der Waals surface area (Å²) < 4.78 is 6.46. The Hall–Kier alpha value is -2.48. The molecule has 8 heteroatoms. The van der Waals surface area contributed by atoms with Gasteiger partial charge in [-0.3, -0.25) is 23.7 Å². The Kier molecular flexibility index (Phi) is 5.42.